The van der Waals surface area contributed by atoms with Crippen molar-refractivity contribution < 1.29 is 4.74 Å². The number of rotatable bonds is 5. The molecule has 0 aromatic rings. The van der Waals surface area contributed by atoms with E-state index in [1.54, 1.807) is 0 Å². The number of nitrogens with zero attached hydrogens (tertiary/aromatic N) is 2. The zero-order chi connectivity index (χ0) is 14.2. The van der Waals surface area contributed by atoms with Gasteiger partial charge in [-0.1, -0.05) is 6.92 Å². The molecule has 0 aromatic heterocycles. The number of aliphatic imine (C=N–C) groups is 1. The van der Waals surface area contributed by atoms with Crippen molar-refractivity contribution in [3.8, 4) is 0 Å². The van der Waals surface area contributed by atoms with Crippen LogP contribution in [0, 0.1) is 5.92 Å². The summed E-state index contributed by atoms with van der Waals surface area (Å²) < 4.78 is 5.40. The van der Waals surface area contributed by atoms with Crippen molar-refractivity contribution in [1.82, 2.24) is 15.5 Å². The van der Waals surface area contributed by atoms with Gasteiger partial charge in [0.05, 0.1) is 6.61 Å². The number of halogens is 1. The molecule has 1 atom stereocenters. The third-order valence-corrected chi connectivity index (χ3v) is 4.27. The number of nitrogens with one attached hydrogen (secondary N) is 2. The molecule has 1 unspecified atom stereocenters. The quantitative estimate of drug-likeness (QED) is 0.412. The van der Waals surface area contributed by atoms with Gasteiger partial charge in [-0.2, -0.15) is 0 Å². The summed E-state index contributed by atoms with van der Waals surface area (Å²) in [5, 5.41) is 7.00. The van der Waals surface area contributed by atoms with Gasteiger partial charge >= 0.3 is 0 Å². The van der Waals surface area contributed by atoms with Crippen LogP contribution in [0.15, 0.2) is 4.99 Å². The fourth-order valence-corrected chi connectivity index (χ4v) is 2.99. The summed E-state index contributed by atoms with van der Waals surface area (Å²) in [5.74, 6) is 1.59. The third kappa shape index (κ3) is 6.69. The normalized spacial score (nSPS) is 24.7. The van der Waals surface area contributed by atoms with Crippen molar-refractivity contribution in [3.63, 3.8) is 0 Å². The molecular formula is C15H31IN4O. The minimum atomic E-state index is 0. The average molecular weight is 410 g/mol. The van der Waals surface area contributed by atoms with Crippen LogP contribution in [0.2, 0.25) is 0 Å². The van der Waals surface area contributed by atoms with E-state index in [2.05, 4.69) is 27.4 Å². The van der Waals surface area contributed by atoms with Gasteiger partial charge in [0.1, 0.15) is 0 Å². The molecule has 124 valence electrons. The summed E-state index contributed by atoms with van der Waals surface area (Å²) >= 11 is 0. The molecule has 0 bridgehead atoms. The van der Waals surface area contributed by atoms with E-state index in [1.807, 2.05) is 7.05 Å². The van der Waals surface area contributed by atoms with Crippen LogP contribution in [-0.4, -0.2) is 63.3 Å². The predicted octanol–water partition coefficient (Wildman–Crippen LogP) is 1.68. The van der Waals surface area contributed by atoms with Crippen molar-refractivity contribution in [3.05, 3.63) is 0 Å². The van der Waals surface area contributed by atoms with Crippen molar-refractivity contribution in [2.24, 2.45) is 10.9 Å². The second-order valence-electron chi connectivity index (χ2n) is 5.94. The van der Waals surface area contributed by atoms with Crippen molar-refractivity contribution in [2.45, 2.75) is 38.6 Å². The van der Waals surface area contributed by atoms with Gasteiger partial charge in [0, 0.05) is 45.2 Å². The van der Waals surface area contributed by atoms with Crippen LogP contribution in [0.1, 0.15) is 32.6 Å². The summed E-state index contributed by atoms with van der Waals surface area (Å²) in [7, 11) is 1.85. The fourth-order valence-electron chi connectivity index (χ4n) is 2.99. The average Bonchev–Trinajstić information content (AvgIpc) is 2.99. The first kappa shape index (κ1) is 19.0. The fraction of sp³-hybridized carbons (Fsp3) is 0.933. The predicted molar refractivity (Wildman–Crippen MR) is 98.6 cm³/mol. The van der Waals surface area contributed by atoms with Gasteiger partial charge in [-0.3, -0.25) is 4.99 Å². The van der Waals surface area contributed by atoms with E-state index in [0.717, 1.165) is 25.7 Å². The lowest BCUT2D eigenvalue weighted by molar-refractivity contribution is 0.186. The molecule has 6 heteroatoms. The molecule has 0 aromatic carbocycles. The van der Waals surface area contributed by atoms with Crippen molar-refractivity contribution in [1.29, 1.82) is 0 Å². The zero-order valence-electron chi connectivity index (χ0n) is 13.4. The molecular weight excluding hydrogens is 379 g/mol. The van der Waals surface area contributed by atoms with Crippen LogP contribution in [0.25, 0.3) is 0 Å². The Bertz CT molecular complexity index is 300. The van der Waals surface area contributed by atoms with E-state index < -0.39 is 0 Å². The Hall–Kier alpha value is -0.0800. The van der Waals surface area contributed by atoms with Gasteiger partial charge < -0.3 is 20.3 Å². The monoisotopic (exact) mass is 410 g/mol. The first-order valence-corrected chi connectivity index (χ1v) is 8.09. The highest BCUT2D eigenvalue weighted by Gasteiger charge is 2.20. The zero-order valence-corrected chi connectivity index (χ0v) is 15.8. The molecule has 0 amide bonds. The van der Waals surface area contributed by atoms with E-state index in [9.17, 15) is 0 Å². The number of likely N-dealkylation sites (tertiary alicyclic amines) is 1. The molecule has 0 saturated carbocycles. The minimum Gasteiger partial charge on any atom is -0.381 e. The Kier molecular flexibility index (Phi) is 9.59. The van der Waals surface area contributed by atoms with Gasteiger partial charge in [-0.05, 0) is 32.2 Å². The second kappa shape index (κ2) is 10.6. The molecule has 2 heterocycles. The standard InChI is InChI=1S/C15H30N4O.HI/c1-3-7-19-8-4-14(5-9-19)18-15(16-2)17-11-13-6-10-20-12-13;/h13-14H,3-12H2,1-2H3,(H2,16,17,18);1H. The number of guanidine groups is 1. The highest BCUT2D eigenvalue weighted by atomic mass is 127. The number of ether oxygens (including phenoxy) is 1. The van der Waals surface area contributed by atoms with Gasteiger partial charge in [0.15, 0.2) is 5.96 Å². The molecule has 0 spiro atoms. The molecule has 2 N–H and O–H groups in total. The van der Waals surface area contributed by atoms with E-state index >= 15 is 0 Å². The molecule has 2 aliphatic rings. The Morgan fingerprint density at radius 3 is 2.62 bits per heavy atom. The minimum absolute atomic E-state index is 0. The van der Waals surface area contributed by atoms with Gasteiger partial charge in [0.2, 0.25) is 0 Å². The highest BCUT2D eigenvalue weighted by Crippen LogP contribution is 2.12. The summed E-state index contributed by atoms with van der Waals surface area (Å²) in [6.45, 7) is 8.67. The Morgan fingerprint density at radius 2 is 2.05 bits per heavy atom. The Balaban J connectivity index is 0.00000220. The first-order chi connectivity index (χ1) is 9.81. The van der Waals surface area contributed by atoms with E-state index in [0.29, 0.717) is 12.0 Å². The van der Waals surface area contributed by atoms with E-state index in [-0.39, 0.29) is 24.0 Å². The summed E-state index contributed by atoms with van der Waals surface area (Å²) in [4.78, 5) is 6.90. The van der Waals surface area contributed by atoms with Crippen molar-refractivity contribution in [2.75, 3.05) is 46.4 Å². The van der Waals surface area contributed by atoms with Crippen molar-refractivity contribution >= 4 is 29.9 Å². The molecule has 2 fully saturated rings. The lowest BCUT2D eigenvalue weighted by Gasteiger charge is -2.33. The summed E-state index contributed by atoms with van der Waals surface area (Å²) in [6, 6.07) is 0.564. The van der Waals surface area contributed by atoms with E-state index in [1.165, 1.54) is 45.3 Å². The maximum Gasteiger partial charge on any atom is 0.191 e. The van der Waals surface area contributed by atoms with E-state index in [4.69, 9.17) is 4.74 Å². The summed E-state index contributed by atoms with van der Waals surface area (Å²) in [6.07, 6.45) is 4.85. The van der Waals surface area contributed by atoms with Crippen LogP contribution in [-0.2, 0) is 4.74 Å². The molecule has 2 aliphatic heterocycles. The largest absolute Gasteiger partial charge is 0.381 e. The van der Waals surface area contributed by atoms with Gasteiger partial charge in [-0.25, -0.2) is 0 Å². The molecule has 2 saturated heterocycles. The van der Waals surface area contributed by atoms with Gasteiger partial charge in [0.25, 0.3) is 0 Å². The third-order valence-electron chi connectivity index (χ3n) is 4.27. The maximum atomic E-state index is 5.40. The summed E-state index contributed by atoms with van der Waals surface area (Å²) in [5.41, 5.74) is 0. The van der Waals surface area contributed by atoms with Crippen LogP contribution < -0.4 is 10.6 Å². The molecule has 21 heavy (non-hydrogen) atoms. The first-order valence-electron chi connectivity index (χ1n) is 8.09. The lowest BCUT2D eigenvalue weighted by atomic mass is 10.1. The smallest absolute Gasteiger partial charge is 0.191 e. The van der Waals surface area contributed by atoms with Crippen LogP contribution in [0.3, 0.4) is 0 Å². The van der Waals surface area contributed by atoms with Crippen LogP contribution in [0.4, 0.5) is 0 Å². The topological polar surface area (TPSA) is 48.9 Å². The number of hydrogen-bond donors (Lipinski definition) is 2. The molecule has 0 aliphatic carbocycles. The molecule has 0 radical (unpaired) electrons. The SMILES string of the molecule is CCCN1CCC(NC(=NC)NCC2CCOC2)CC1.I. The van der Waals surface area contributed by atoms with Crippen LogP contribution >= 0.6 is 24.0 Å². The molecule has 5 nitrogen and oxygen atoms in total. The molecule has 2 rings (SSSR count). The number of hydrogen-bond acceptors (Lipinski definition) is 3. The Morgan fingerprint density at radius 1 is 1.29 bits per heavy atom. The Labute approximate surface area is 146 Å². The highest BCUT2D eigenvalue weighted by molar-refractivity contribution is 14.0. The van der Waals surface area contributed by atoms with Gasteiger partial charge in [-0.15, -0.1) is 24.0 Å². The van der Waals surface area contributed by atoms with Crippen LogP contribution in [0.5, 0.6) is 0 Å². The lowest BCUT2D eigenvalue weighted by Crippen LogP contribution is -2.49. The maximum absolute atomic E-state index is 5.40. The second-order valence-corrected chi connectivity index (χ2v) is 5.94. The number of piperidine rings is 1.